The molecule has 2 aromatic carbocycles. The second-order valence-corrected chi connectivity index (χ2v) is 6.40. The first-order valence-electron chi connectivity index (χ1n) is 8.63. The van der Waals surface area contributed by atoms with Gasteiger partial charge >= 0.3 is 5.97 Å². The fourth-order valence-corrected chi connectivity index (χ4v) is 3.05. The Balaban J connectivity index is 1.56. The number of nitrogens with one attached hydrogen (secondary N) is 2. The molecule has 1 unspecified atom stereocenters. The Labute approximate surface area is 159 Å². The molecule has 0 saturated heterocycles. The zero-order valence-electron chi connectivity index (χ0n) is 15.0. The second kappa shape index (κ2) is 6.99. The van der Waals surface area contributed by atoms with Crippen molar-refractivity contribution in [3.8, 4) is 5.69 Å². The van der Waals surface area contributed by atoms with Gasteiger partial charge in [-0.15, -0.1) is 0 Å². The van der Waals surface area contributed by atoms with Gasteiger partial charge in [0.1, 0.15) is 0 Å². The van der Waals surface area contributed by atoms with Crippen molar-refractivity contribution in [2.45, 2.75) is 13.0 Å². The number of carbonyl (C=O) groups excluding carboxylic acids is 1. The number of aromatic amines is 1. The lowest BCUT2D eigenvalue weighted by Crippen LogP contribution is -2.26. The average molecular weight is 375 g/mol. The first kappa shape index (κ1) is 17.5. The van der Waals surface area contributed by atoms with Gasteiger partial charge in [0.25, 0.3) is 5.91 Å². The molecule has 0 aliphatic rings. The number of hydrogen-bond donors (Lipinski definition) is 3. The highest BCUT2D eigenvalue weighted by atomic mass is 16.4. The summed E-state index contributed by atoms with van der Waals surface area (Å²) < 4.78 is 1.89. The predicted molar refractivity (Wildman–Crippen MR) is 102 cm³/mol. The van der Waals surface area contributed by atoms with Crippen LogP contribution in [0.3, 0.4) is 0 Å². The molecule has 0 aliphatic carbocycles. The quantitative estimate of drug-likeness (QED) is 0.496. The number of carbonyl (C=O) groups is 2. The van der Waals surface area contributed by atoms with E-state index in [1.54, 1.807) is 24.7 Å². The zero-order chi connectivity index (χ0) is 19.7. The van der Waals surface area contributed by atoms with Crippen LogP contribution in [0.1, 0.15) is 39.4 Å². The van der Waals surface area contributed by atoms with Gasteiger partial charge < -0.3 is 15.0 Å². The topological polar surface area (TPSA) is 113 Å². The molecule has 1 atom stereocenters. The molecule has 140 valence electrons. The molecule has 0 bridgehead atoms. The van der Waals surface area contributed by atoms with Crippen molar-refractivity contribution in [3.05, 3.63) is 78.0 Å². The lowest BCUT2D eigenvalue weighted by molar-refractivity contribution is 0.0692. The minimum Gasteiger partial charge on any atom is -0.476 e. The van der Waals surface area contributed by atoms with Crippen LogP contribution < -0.4 is 5.32 Å². The number of benzene rings is 2. The van der Waals surface area contributed by atoms with E-state index < -0.39 is 5.97 Å². The number of rotatable bonds is 5. The minimum absolute atomic E-state index is 0.106. The molecule has 2 aromatic heterocycles. The molecular weight excluding hydrogens is 358 g/mol. The summed E-state index contributed by atoms with van der Waals surface area (Å²) in [5.74, 6) is -1.44. The van der Waals surface area contributed by atoms with Crippen molar-refractivity contribution < 1.29 is 14.7 Å². The monoisotopic (exact) mass is 375 g/mol. The SMILES string of the molecule is CC(NC(=O)c1ccc2[nH]nc(C(=O)O)c2c1)c1cccc(-n2ccnc2)c1. The molecule has 3 N–H and O–H groups in total. The number of H-pyrrole nitrogens is 1. The van der Waals surface area contributed by atoms with Gasteiger partial charge in [-0.2, -0.15) is 5.10 Å². The van der Waals surface area contributed by atoms with Crippen molar-refractivity contribution in [2.24, 2.45) is 0 Å². The number of aromatic carboxylic acids is 1. The fourth-order valence-electron chi connectivity index (χ4n) is 3.05. The number of aromatic nitrogens is 4. The molecule has 0 saturated carbocycles. The van der Waals surface area contributed by atoms with E-state index in [1.165, 1.54) is 6.07 Å². The van der Waals surface area contributed by atoms with Gasteiger partial charge in [-0.05, 0) is 42.8 Å². The first-order valence-corrected chi connectivity index (χ1v) is 8.63. The van der Waals surface area contributed by atoms with Crippen LogP contribution in [0, 0.1) is 0 Å². The summed E-state index contributed by atoms with van der Waals surface area (Å²) >= 11 is 0. The maximum absolute atomic E-state index is 12.7. The maximum atomic E-state index is 12.7. The Morgan fingerprint density at radius 1 is 1.21 bits per heavy atom. The number of carboxylic acids is 1. The maximum Gasteiger partial charge on any atom is 0.357 e. The number of amides is 1. The number of imidazole rings is 1. The molecular formula is C20H17N5O3. The lowest BCUT2D eigenvalue weighted by atomic mass is 10.1. The zero-order valence-corrected chi connectivity index (χ0v) is 15.0. The van der Waals surface area contributed by atoms with Gasteiger partial charge in [0.15, 0.2) is 5.69 Å². The summed E-state index contributed by atoms with van der Waals surface area (Å²) in [4.78, 5) is 28.0. The van der Waals surface area contributed by atoms with Gasteiger partial charge in [-0.1, -0.05) is 12.1 Å². The van der Waals surface area contributed by atoms with Crippen molar-refractivity contribution in [2.75, 3.05) is 0 Å². The number of carboxylic acid groups (broad SMARTS) is 1. The number of hydrogen-bond acceptors (Lipinski definition) is 4. The Bertz CT molecular complexity index is 1160. The van der Waals surface area contributed by atoms with Crippen molar-refractivity contribution >= 4 is 22.8 Å². The molecule has 1 amide bonds. The minimum atomic E-state index is -1.14. The smallest absolute Gasteiger partial charge is 0.357 e. The molecule has 0 spiro atoms. The third kappa shape index (κ3) is 3.23. The standard InChI is InChI=1S/C20H17N5O3/c1-12(13-3-2-4-15(9-13)25-8-7-21-11-25)22-19(26)14-5-6-17-16(10-14)18(20(27)28)24-23-17/h2-12H,1H3,(H,22,26)(H,23,24)(H,27,28). The third-order valence-corrected chi connectivity index (χ3v) is 4.55. The Kier molecular flexibility index (Phi) is 4.36. The van der Waals surface area contributed by atoms with Crippen LogP contribution in [0.5, 0.6) is 0 Å². The van der Waals surface area contributed by atoms with E-state index >= 15 is 0 Å². The molecule has 8 heteroatoms. The highest BCUT2D eigenvalue weighted by molar-refractivity contribution is 6.04. The lowest BCUT2D eigenvalue weighted by Gasteiger charge is -2.16. The van der Waals surface area contributed by atoms with Crippen LogP contribution in [0.25, 0.3) is 16.6 Å². The van der Waals surface area contributed by atoms with Crippen LogP contribution >= 0.6 is 0 Å². The normalized spacial score (nSPS) is 12.0. The van der Waals surface area contributed by atoms with Gasteiger partial charge in [0, 0.05) is 29.0 Å². The molecule has 4 aromatic rings. The fraction of sp³-hybridized carbons (Fsp3) is 0.100. The molecule has 28 heavy (non-hydrogen) atoms. The third-order valence-electron chi connectivity index (χ3n) is 4.55. The van der Waals surface area contributed by atoms with Gasteiger partial charge in [-0.25, -0.2) is 9.78 Å². The molecule has 4 rings (SSSR count). The van der Waals surface area contributed by atoms with E-state index in [2.05, 4.69) is 20.5 Å². The van der Waals surface area contributed by atoms with Gasteiger partial charge in [-0.3, -0.25) is 9.89 Å². The molecule has 0 radical (unpaired) electrons. The van der Waals surface area contributed by atoms with E-state index in [4.69, 9.17) is 0 Å². The Morgan fingerprint density at radius 2 is 2.07 bits per heavy atom. The molecule has 0 fully saturated rings. The van der Waals surface area contributed by atoms with Crippen molar-refractivity contribution in [1.82, 2.24) is 25.1 Å². The average Bonchev–Trinajstić information content (AvgIpc) is 3.37. The molecule has 2 heterocycles. The van der Waals surface area contributed by atoms with E-state index in [0.29, 0.717) is 16.5 Å². The van der Waals surface area contributed by atoms with Crippen LogP contribution in [0.15, 0.2) is 61.2 Å². The van der Waals surface area contributed by atoms with Crippen LogP contribution in [-0.4, -0.2) is 36.7 Å². The van der Waals surface area contributed by atoms with Crippen molar-refractivity contribution in [1.29, 1.82) is 0 Å². The summed E-state index contributed by atoms with van der Waals surface area (Å²) in [7, 11) is 0. The summed E-state index contributed by atoms with van der Waals surface area (Å²) in [5, 5.41) is 19.0. The summed E-state index contributed by atoms with van der Waals surface area (Å²) in [6.45, 7) is 1.89. The van der Waals surface area contributed by atoms with E-state index in [-0.39, 0.29) is 17.6 Å². The summed E-state index contributed by atoms with van der Waals surface area (Å²) in [6.07, 6.45) is 5.26. The highest BCUT2D eigenvalue weighted by Crippen LogP contribution is 2.20. The van der Waals surface area contributed by atoms with Gasteiger partial charge in [0.2, 0.25) is 0 Å². The second-order valence-electron chi connectivity index (χ2n) is 6.40. The van der Waals surface area contributed by atoms with E-state index in [1.807, 2.05) is 42.0 Å². The highest BCUT2D eigenvalue weighted by Gasteiger charge is 2.17. The number of fused-ring (bicyclic) bond motifs is 1. The predicted octanol–water partition coefficient (Wildman–Crippen LogP) is 2.94. The first-order chi connectivity index (χ1) is 13.5. The summed E-state index contributed by atoms with van der Waals surface area (Å²) in [5.41, 5.74) is 2.71. The Hall–Kier alpha value is -3.94. The van der Waals surface area contributed by atoms with Gasteiger partial charge in [0.05, 0.1) is 17.9 Å². The Morgan fingerprint density at radius 3 is 2.82 bits per heavy atom. The van der Waals surface area contributed by atoms with E-state index in [0.717, 1.165) is 11.3 Å². The van der Waals surface area contributed by atoms with Crippen LogP contribution in [0.2, 0.25) is 0 Å². The molecule has 8 nitrogen and oxygen atoms in total. The van der Waals surface area contributed by atoms with Crippen molar-refractivity contribution in [3.63, 3.8) is 0 Å². The van der Waals surface area contributed by atoms with Crippen LogP contribution in [0.4, 0.5) is 0 Å². The summed E-state index contributed by atoms with van der Waals surface area (Å²) in [6, 6.07) is 12.4. The molecule has 0 aliphatic heterocycles. The van der Waals surface area contributed by atoms with E-state index in [9.17, 15) is 14.7 Å². The van der Waals surface area contributed by atoms with Crippen LogP contribution in [-0.2, 0) is 0 Å². The largest absolute Gasteiger partial charge is 0.476 e. The number of nitrogens with zero attached hydrogens (tertiary/aromatic N) is 3.